The first-order valence-corrected chi connectivity index (χ1v) is 8.77. The quantitative estimate of drug-likeness (QED) is 0.784. The summed E-state index contributed by atoms with van der Waals surface area (Å²) in [6, 6.07) is 13.6. The number of nitrogens with one attached hydrogen (secondary N) is 1. The van der Waals surface area contributed by atoms with Gasteiger partial charge in [-0.2, -0.15) is 0 Å². The first-order chi connectivity index (χ1) is 12.0. The summed E-state index contributed by atoms with van der Waals surface area (Å²) in [5.74, 6) is 1.40. The largest absolute Gasteiger partial charge is 0.494 e. The Balaban J connectivity index is 1.99. The number of amides is 1. The Hall–Kier alpha value is -2.49. The third-order valence-corrected chi connectivity index (χ3v) is 4.15. The average Bonchev–Trinajstić information content (AvgIpc) is 2.62. The van der Waals surface area contributed by atoms with Crippen LogP contribution in [0.5, 0.6) is 11.5 Å². The summed E-state index contributed by atoms with van der Waals surface area (Å²) >= 11 is 0. The molecular formula is C21H27NO3. The fraction of sp³-hybridized carbons (Fsp3) is 0.381. The molecule has 0 aliphatic heterocycles. The lowest BCUT2D eigenvalue weighted by Crippen LogP contribution is -2.37. The van der Waals surface area contributed by atoms with Crippen molar-refractivity contribution in [2.24, 2.45) is 0 Å². The highest BCUT2D eigenvalue weighted by Gasteiger charge is 2.18. The second kappa shape index (κ2) is 9.11. The van der Waals surface area contributed by atoms with Gasteiger partial charge in [0.1, 0.15) is 11.5 Å². The number of hydrogen-bond acceptors (Lipinski definition) is 3. The van der Waals surface area contributed by atoms with Crippen molar-refractivity contribution < 1.29 is 14.3 Å². The summed E-state index contributed by atoms with van der Waals surface area (Å²) in [5.41, 5.74) is 3.31. The summed E-state index contributed by atoms with van der Waals surface area (Å²) in [6.45, 7) is 8.99. The molecule has 4 nitrogen and oxygen atoms in total. The first kappa shape index (κ1) is 18.8. The van der Waals surface area contributed by atoms with E-state index in [1.807, 2.05) is 63.2 Å². The van der Waals surface area contributed by atoms with E-state index in [1.165, 1.54) is 5.56 Å². The highest BCUT2D eigenvalue weighted by Crippen LogP contribution is 2.20. The zero-order chi connectivity index (χ0) is 18.2. The van der Waals surface area contributed by atoms with Crippen LogP contribution in [-0.4, -0.2) is 18.6 Å². The molecule has 25 heavy (non-hydrogen) atoms. The van der Waals surface area contributed by atoms with Gasteiger partial charge in [-0.3, -0.25) is 4.79 Å². The lowest BCUT2D eigenvalue weighted by atomic mass is 10.1. The number of carbonyl (C=O) groups is 1. The van der Waals surface area contributed by atoms with Gasteiger partial charge in [-0.05, 0) is 56.5 Å². The predicted octanol–water partition coefficient (Wildman–Crippen LogP) is 4.18. The van der Waals surface area contributed by atoms with Crippen LogP contribution >= 0.6 is 0 Å². The lowest BCUT2D eigenvalue weighted by molar-refractivity contribution is -0.128. The molecule has 0 saturated heterocycles. The molecule has 1 amide bonds. The van der Waals surface area contributed by atoms with Crippen LogP contribution in [0.3, 0.4) is 0 Å². The molecular weight excluding hydrogens is 314 g/mol. The van der Waals surface area contributed by atoms with Gasteiger partial charge in [0.2, 0.25) is 0 Å². The van der Waals surface area contributed by atoms with E-state index in [0.29, 0.717) is 19.6 Å². The minimum Gasteiger partial charge on any atom is -0.494 e. The number of carbonyl (C=O) groups excluding carboxylic acids is 1. The first-order valence-electron chi connectivity index (χ1n) is 8.77. The number of benzene rings is 2. The number of aryl methyl sites for hydroxylation is 2. The van der Waals surface area contributed by atoms with E-state index in [-0.39, 0.29) is 5.91 Å². The van der Waals surface area contributed by atoms with Crippen LogP contribution in [0.2, 0.25) is 0 Å². The van der Waals surface area contributed by atoms with Crippen LogP contribution in [0.1, 0.15) is 37.0 Å². The highest BCUT2D eigenvalue weighted by atomic mass is 16.5. The average molecular weight is 341 g/mol. The van der Waals surface area contributed by atoms with Crippen LogP contribution in [0.15, 0.2) is 42.5 Å². The molecule has 1 N–H and O–H groups in total. The smallest absolute Gasteiger partial charge is 0.261 e. The van der Waals surface area contributed by atoms with Crippen LogP contribution < -0.4 is 14.8 Å². The molecule has 0 spiro atoms. The molecule has 0 heterocycles. The van der Waals surface area contributed by atoms with Gasteiger partial charge >= 0.3 is 0 Å². The Morgan fingerprint density at radius 3 is 2.52 bits per heavy atom. The van der Waals surface area contributed by atoms with Crippen molar-refractivity contribution in [1.29, 1.82) is 0 Å². The molecule has 0 saturated carbocycles. The van der Waals surface area contributed by atoms with E-state index in [2.05, 4.69) is 12.2 Å². The summed E-state index contributed by atoms with van der Waals surface area (Å²) in [5, 5.41) is 2.95. The fourth-order valence-corrected chi connectivity index (χ4v) is 2.52. The van der Waals surface area contributed by atoms with E-state index >= 15 is 0 Å². The number of para-hydroxylation sites is 1. The van der Waals surface area contributed by atoms with Crippen LogP contribution in [0.4, 0.5) is 0 Å². The van der Waals surface area contributed by atoms with E-state index in [1.54, 1.807) is 0 Å². The summed E-state index contributed by atoms with van der Waals surface area (Å²) < 4.78 is 11.5. The molecule has 134 valence electrons. The van der Waals surface area contributed by atoms with Crippen molar-refractivity contribution in [2.45, 2.75) is 46.8 Å². The summed E-state index contributed by atoms with van der Waals surface area (Å²) in [6.07, 6.45) is 0.0904. The predicted molar refractivity (Wildman–Crippen MR) is 100 cm³/mol. The minimum absolute atomic E-state index is 0.118. The minimum atomic E-state index is -0.513. The Labute approximate surface area is 150 Å². The maximum Gasteiger partial charge on any atom is 0.261 e. The molecule has 4 heteroatoms. The normalized spacial score (nSPS) is 11.7. The van der Waals surface area contributed by atoms with Crippen LogP contribution in [0.25, 0.3) is 0 Å². The molecule has 0 aromatic heterocycles. The topological polar surface area (TPSA) is 47.6 Å². The van der Waals surface area contributed by atoms with Gasteiger partial charge in [-0.15, -0.1) is 0 Å². The van der Waals surface area contributed by atoms with Crippen molar-refractivity contribution in [3.63, 3.8) is 0 Å². The number of ether oxygens (including phenoxy) is 2. The van der Waals surface area contributed by atoms with Gasteiger partial charge < -0.3 is 14.8 Å². The highest BCUT2D eigenvalue weighted by molar-refractivity contribution is 5.81. The molecule has 1 atom stereocenters. The zero-order valence-electron chi connectivity index (χ0n) is 15.5. The van der Waals surface area contributed by atoms with Gasteiger partial charge in [0, 0.05) is 12.1 Å². The SMILES string of the molecule is CCOc1ccccc1CNC(=O)[C@H](CC)Oc1ccc(C)c(C)c1. The Kier molecular flexibility index (Phi) is 6.87. The molecule has 2 aromatic carbocycles. The van der Waals surface area contributed by atoms with E-state index in [9.17, 15) is 4.79 Å². The Morgan fingerprint density at radius 1 is 1.08 bits per heavy atom. The van der Waals surface area contributed by atoms with Crippen molar-refractivity contribution >= 4 is 5.91 Å². The molecule has 2 aromatic rings. The van der Waals surface area contributed by atoms with Crippen molar-refractivity contribution in [3.05, 3.63) is 59.2 Å². The Morgan fingerprint density at radius 2 is 1.84 bits per heavy atom. The van der Waals surface area contributed by atoms with Gasteiger partial charge in [0.15, 0.2) is 6.10 Å². The Bertz CT molecular complexity index is 712. The van der Waals surface area contributed by atoms with Gasteiger partial charge in [0.05, 0.1) is 6.61 Å². The van der Waals surface area contributed by atoms with Crippen molar-refractivity contribution in [3.8, 4) is 11.5 Å². The monoisotopic (exact) mass is 341 g/mol. The standard InChI is InChI=1S/C21H27NO3/c1-5-19(25-18-12-11-15(3)16(4)13-18)21(23)22-14-17-9-7-8-10-20(17)24-6-2/h7-13,19H,5-6,14H2,1-4H3,(H,22,23)/t19-/m0/s1. The molecule has 0 aliphatic carbocycles. The molecule has 0 radical (unpaired) electrons. The third kappa shape index (κ3) is 5.24. The number of rotatable bonds is 8. The van der Waals surface area contributed by atoms with Crippen molar-refractivity contribution in [2.75, 3.05) is 6.61 Å². The van der Waals surface area contributed by atoms with Crippen LogP contribution in [0, 0.1) is 13.8 Å². The second-order valence-corrected chi connectivity index (χ2v) is 6.02. The fourth-order valence-electron chi connectivity index (χ4n) is 2.52. The molecule has 0 unspecified atom stereocenters. The van der Waals surface area contributed by atoms with Gasteiger partial charge in [-0.1, -0.05) is 31.2 Å². The van der Waals surface area contributed by atoms with Gasteiger partial charge in [0.25, 0.3) is 5.91 Å². The second-order valence-electron chi connectivity index (χ2n) is 6.02. The van der Waals surface area contributed by atoms with E-state index < -0.39 is 6.10 Å². The van der Waals surface area contributed by atoms with E-state index in [0.717, 1.165) is 22.6 Å². The summed E-state index contributed by atoms with van der Waals surface area (Å²) in [7, 11) is 0. The van der Waals surface area contributed by atoms with Gasteiger partial charge in [-0.25, -0.2) is 0 Å². The van der Waals surface area contributed by atoms with E-state index in [4.69, 9.17) is 9.47 Å². The number of hydrogen-bond donors (Lipinski definition) is 1. The lowest BCUT2D eigenvalue weighted by Gasteiger charge is -2.18. The van der Waals surface area contributed by atoms with Crippen LogP contribution in [-0.2, 0) is 11.3 Å². The summed E-state index contributed by atoms with van der Waals surface area (Å²) in [4.78, 5) is 12.5. The molecule has 0 fully saturated rings. The molecule has 2 rings (SSSR count). The molecule has 0 aliphatic rings. The maximum atomic E-state index is 12.5. The third-order valence-electron chi connectivity index (χ3n) is 4.15. The van der Waals surface area contributed by atoms with Crippen molar-refractivity contribution in [1.82, 2.24) is 5.32 Å². The maximum absolute atomic E-state index is 12.5. The zero-order valence-corrected chi connectivity index (χ0v) is 15.5. The molecule has 0 bridgehead atoms.